The van der Waals surface area contributed by atoms with Gasteiger partial charge in [-0.05, 0) is 56.0 Å². The molecule has 0 radical (unpaired) electrons. The molecule has 0 aliphatic carbocycles. The number of hydrogen-bond donors (Lipinski definition) is 2. The van der Waals surface area contributed by atoms with Crippen molar-refractivity contribution in [2.45, 2.75) is 33.6 Å². The molecule has 2 N–H and O–H groups in total. The number of hydrogen-bond acceptors (Lipinski definition) is 4. The predicted molar refractivity (Wildman–Crippen MR) is 104 cm³/mol. The van der Waals surface area contributed by atoms with E-state index in [2.05, 4.69) is 36.3 Å². The van der Waals surface area contributed by atoms with Gasteiger partial charge in [-0.3, -0.25) is 0 Å². The Morgan fingerprint density at radius 2 is 1.83 bits per heavy atom. The summed E-state index contributed by atoms with van der Waals surface area (Å²) in [6, 6.07) is 7.15. The fraction of sp³-hybridized carbons (Fsp3) is 0.556. The molecule has 0 amide bonds. The van der Waals surface area contributed by atoms with Crippen LogP contribution in [0.15, 0.2) is 24.3 Å². The number of carbonyl (C=O) groups excluding carboxylic acids is 1. The average molecular weight is 352 g/mol. The molecule has 24 heavy (non-hydrogen) atoms. The number of rotatable bonds is 10. The minimum Gasteiger partial charge on any atom is -0.461 e. The highest BCUT2D eigenvalue weighted by Gasteiger charge is 2.08. The molecule has 0 saturated carbocycles. The number of nitrogens with one attached hydrogen (secondary N) is 2. The second-order valence-corrected chi connectivity index (χ2v) is 5.88. The van der Waals surface area contributed by atoms with E-state index in [1.54, 1.807) is 12.1 Å². The largest absolute Gasteiger partial charge is 0.461 e. The highest BCUT2D eigenvalue weighted by Crippen LogP contribution is 2.10. The molecular formula is C18H29N3O2S. The zero-order valence-corrected chi connectivity index (χ0v) is 15.7. The zero-order valence-electron chi connectivity index (χ0n) is 14.9. The second kappa shape index (κ2) is 11.8. The molecule has 0 aliphatic rings. The van der Waals surface area contributed by atoms with Crippen LogP contribution in [0.25, 0.3) is 0 Å². The lowest BCUT2D eigenvalue weighted by Crippen LogP contribution is -2.29. The zero-order chi connectivity index (χ0) is 17.8. The van der Waals surface area contributed by atoms with Crippen LogP contribution in [0.5, 0.6) is 0 Å². The van der Waals surface area contributed by atoms with Gasteiger partial charge in [0.2, 0.25) is 0 Å². The second-order valence-electron chi connectivity index (χ2n) is 5.47. The molecule has 0 fully saturated rings. The van der Waals surface area contributed by atoms with Crippen molar-refractivity contribution < 1.29 is 9.53 Å². The quantitative estimate of drug-likeness (QED) is 0.383. The van der Waals surface area contributed by atoms with E-state index in [-0.39, 0.29) is 5.97 Å². The van der Waals surface area contributed by atoms with Crippen molar-refractivity contribution in [3.05, 3.63) is 29.8 Å². The SMILES string of the molecule is CCCCNC(=S)Nc1ccc(C(=O)OCCN(CC)CC)cc1. The van der Waals surface area contributed by atoms with E-state index in [0.717, 1.165) is 44.7 Å². The molecule has 134 valence electrons. The molecule has 0 saturated heterocycles. The monoisotopic (exact) mass is 351 g/mol. The number of unbranched alkanes of at least 4 members (excludes halogenated alkanes) is 1. The van der Waals surface area contributed by atoms with Crippen molar-refractivity contribution in [3.63, 3.8) is 0 Å². The van der Waals surface area contributed by atoms with Gasteiger partial charge in [0, 0.05) is 18.8 Å². The van der Waals surface area contributed by atoms with E-state index in [0.29, 0.717) is 17.3 Å². The van der Waals surface area contributed by atoms with Gasteiger partial charge in [0.05, 0.1) is 5.56 Å². The first-order valence-electron chi connectivity index (χ1n) is 8.65. The Morgan fingerprint density at radius 1 is 1.17 bits per heavy atom. The highest BCUT2D eigenvalue weighted by atomic mass is 32.1. The van der Waals surface area contributed by atoms with Crippen LogP contribution in [0, 0.1) is 0 Å². The molecule has 0 bridgehead atoms. The summed E-state index contributed by atoms with van der Waals surface area (Å²) in [5.74, 6) is -0.294. The average Bonchev–Trinajstić information content (AvgIpc) is 2.59. The van der Waals surface area contributed by atoms with E-state index in [9.17, 15) is 4.79 Å². The van der Waals surface area contributed by atoms with Crippen LogP contribution in [0.2, 0.25) is 0 Å². The first-order valence-corrected chi connectivity index (χ1v) is 9.05. The first-order chi connectivity index (χ1) is 11.6. The van der Waals surface area contributed by atoms with E-state index in [4.69, 9.17) is 17.0 Å². The van der Waals surface area contributed by atoms with Crippen LogP contribution in [0.1, 0.15) is 44.0 Å². The van der Waals surface area contributed by atoms with Crippen LogP contribution in [-0.2, 0) is 4.74 Å². The summed E-state index contributed by atoms with van der Waals surface area (Å²) in [4.78, 5) is 14.2. The van der Waals surface area contributed by atoms with Crippen molar-refractivity contribution in [2.75, 3.05) is 38.1 Å². The molecule has 0 aliphatic heterocycles. The molecule has 0 spiro atoms. The van der Waals surface area contributed by atoms with Gasteiger partial charge in [-0.2, -0.15) is 0 Å². The van der Waals surface area contributed by atoms with Crippen molar-refractivity contribution in [1.82, 2.24) is 10.2 Å². The van der Waals surface area contributed by atoms with Crippen molar-refractivity contribution in [3.8, 4) is 0 Å². The number of benzene rings is 1. The highest BCUT2D eigenvalue weighted by molar-refractivity contribution is 7.80. The van der Waals surface area contributed by atoms with Crippen LogP contribution >= 0.6 is 12.2 Å². The summed E-state index contributed by atoms with van der Waals surface area (Å²) in [5.41, 5.74) is 1.40. The Bertz CT molecular complexity index is 501. The predicted octanol–water partition coefficient (Wildman–Crippen LogP) is 3.27. The van der Waals surface area contributed by atoms with Crippen LogP contribution in [-0.4, -0.2) is 48.8 Å². The molecular weight excluding hydrogens is 322 g/mol. The summed E-state index contributed by atoms with van der Waals surface area (Å²) in [7, 11) is 0. The van der Waals surface area contributed by atoms with E-state index < -0.39 is 0 Å². The Balaban J connectivity index is 2.40. The number of esters is 1. The smallest absolute Gasteiger partial charge is 0.338 e. The van der Waals surface area contributed by atoms with Crippen molar-refractivity contribution in [1.29, 1.82) is 0 Å². The molecule has 0 atom stereocenters. The number of nitrogens with zero attached hydrogens (tertiary/aromatic N) is 1. The summed E-state index contributed by atoms with van der Waals surface area (Å²) < 4.78 is 5.31. The lowest BCUT2D eigenvalue weighted by atomic mass is 10.2. The van der Waals surface area contributed by atoms with Gasteiger partial charge in [-0.15, -0.1) is 0 Å². The fourth-order valence-electron chi connectivity index (χ4n) is 2.13. The topological polar surface area (TPSA) is 53.6 Å². The number of ether oxygens (including phenoxy) is 1. The van der Waals surface area contributed by atoms with Crippen LogP contribution in [0.3, 0.4) is 0 Å². The summed E-state index contributed by atoms with van der Waals surface area (Å²) in [6.07, 6.45) is 2.21. The normalized spacial score (nSPS) is 10.5. The minimum absolute atomic E-state index is 0.294. The Labute approximate surface area is 150 Å². The molecule has 5 nitrogen and oxygen atoms in total. The number of thiocarbonyl (C=S) groups is 1. The lowest BCUT2D eigenvalue weighted by Gasteiger charge is -2.17. The van der Waals surface area contributed by atoms with Gasteiger partial charge in [-0.1, -0.05) is 27.2 Å². The standard InChI is InChI=1S/C18H29N3O2S/c1-4-7-12-19-18(24)20-16-10-8-15(9-11-16)17(22)23-14-13-21(5-2)6-3/h8-11H,4-7,12-14H2,1-3H3,(H2,19,20,24). The summed E-state index contributed by atoms with van der Waals surface area (Å²) in [6.45, 7) is 10.3. The third kappa shape index (κ3) is 7.75. The van der Waals surface area contributed by atoms with Gasteiger partial charge in [0.1, 0.15) is 6.61 Å². The van der Waals surface area contributed by atoms with Crippen molar-refractivity contribution >= 4 is 29.0 Å². The Morgan fingerprint density at radius 3 is 2.42 bits per heavy atom. The third-order valence-corrected chi connectivity index (χ3v) is 3.98. The maximum Gasteiger partial charge on any atom is 0.338 e. The van der Waals surface area contributed by atoms with Crippen LogP contribution < -0.4 is 10.6 Å². The molecule has 0 heterocycles. The summed E-state index contributed by atoms with van der Waals surface area (Å²) >= 11 is 5.22. The maximum atomic E-state index is 12.0. The van der Waals surface area contributed by atoms with Crippen LogP contribution in [0.4, 0.5) is 5.69 Å². The van der Waals surface area contributed by atoms with E-state index >= 15 is 0 Å². The minimum atomic E-state index is -0.294. The van der Waals surface area contributed by atoms with Gasteiger partial charge in [0.15, 0.2) is 5.11 Å². The van der Waals surface area contributed by atoms with E-state index in [1.807, 2.05) is 12.1 Å². The van der Waals surface area contributed by atoms with E-state index in [1.165, 1.54) is 0 Å². The number of likely N-dealkylation sites (N-methyl/N-ethyl adjacent to an activating group) is 1. The molecule has 1 aromatic rings. The molecule has 1 aromatic carbocycles. The van der Waals surface area contributed by atoms with Crippen molar-refractivity contribution in [2.24, 2.45) is 0 Å². The molecule has 0 aromatic heterocycles. The van der Waals surface area contributed by atoms with Gasteiger partial charge in [0.25, 0.3) is 0 Å². The molecule has 1 rings (SSSR count). The van der Waals surface area contributed by atoms with Gasteiger partial charge in [-0.25, -0.2) is 4.79 Å². The Kier molecular flexibility index (Phi) is 10.0. The lowest BCUT2D eigenvalue weighted by molar-refractivity contribution is 0.0466. The number of carbonyl (C=O) groups is 1. The fourth-order valence-corrected chi connectivity index (χ4v) is 2.35. The maximum absolute atomic E-state index is 12.0. The Hall–Kier alpha value is -1.66. The molecule has 0 unspecified atom stereocenters. The van der Waals surface area contributed by atoms with Gasteiger partial charge >= 0.3 is 5.97 Å². The third-order valence-electron chi connectivity index (χ3n) is 3.73. The first kappa shape index (κ1) is 20.4. The molecule has 6 heteroatoms. The summed E-state index contributed by atoms with van der Waals surface area (Å²) in [5, 5.41) is 6.84. The van der Waals surface area contributed by atoms with Gasteiger partial charge < -0.3 is 20.3 Å². The number of anilines is 1.